The summed E-state index contributed by atoms with van der Waals surface area (Å²) >= 11 is 0. The Hall–Kier alpha value is -5.08. The second-order valence-electron chi connectivity index (χ2n) is 13.4. The quantitative estimate of drug-likeness (QED) is 0.202. The lowest BCUT2D eigenvalue weighted by Gasteiger charge is -2.24. The molecular weight excluding hydrogens is 556 g/mol. The monoisotopic (exact) mass is 594 g/mol. The highest BCUT2D eigenvalue weighted by Crippen LogP contribution is 2.49. The van der Waals surface area contributed by atoms with Gasteiger partial charge in [-0.1, -0.05) is 129 Å². The molecule has 46 heavy (non-hydrogen) atoms. The fraction of sp³-hybridized carbons (Fsp3) is 0.182. The maximum Gasteiger partial charge on any atom is 0.160 e. The summed E-state index contributed by atoms with van der Waals surface area (Å²) in [6, 6.07) is 35.4. The van der Waals surface area contributed by atoms with Crippen LogP contribution < -0.4 is 0 Å². The molecule has 2 heteroatoms. The van der Waals surface area contributed by atoms with Gasteiger partial charge < -0.3 is 0 Å². The summed E-state index contributed by atoms with van der Waals surface area (Å²) in [5.74, 6) is 1.05. The number of nitrogens with zero attached hydrogens (tertiary/aromatic N) is 2. The molecule has 0 N–H and O–H groups in total. The van der Waals surface area contributed by atoms with Gasteiger partial charge in [-0.25, -0.2) is 9.97 Å². The zero-order valence-electron chi connectivity index (χ0n) is 26.8. The van der Waals surface area contributed by atoms with Crippen molar-refractivity contribution in [3.63, 3.8) is 0 Å². The van der Waals surface area contributed by atoms with E-state index in [0.29, 0.717) is 0 Å². The average molecular weight is 595 g/mol. The lowest BCUT2D eigenvalue weighted by molar-refractivity contribution is 0.660. The molecule has 0 radical (unpaired) electrons. The van der Waals surface area contributed by atoms with E-state index in [1.54, 1.807) is 0 Å². The normalized spacial score (nSPS) is 17.7. The fourth-order valence-corrected chi connectivity index (χ4v) is 7.47. The van der Waals surface area contributed by atoms with E-state index in [2.05, 4.69) is 154 Å². The van der Waals surface area contributed by atoms with E-state index in [1.807, 2.05) is 0 Å². The van der Waals surface area contributed by atoms with Crippen molar-refractivity contribution in [1.82, 2.24) is 9.97 Å². The maximum absolute atomic E-state index is 5.15. The maximum atomic E-state index is 5.15. The smallest absolute Gasteiger partial charge is 0.160 e. The van der Waals surface area contributed by atoms with Crippen molar-refractivity contribution in [2.24, 2.45) is 0 Å². The molecule has 4 aromatic carbocycles. The summed E-state index contributed by atoms with van der Waals surface area (Å²) < 4.78 is 0. The Morgan fingerprint density at radius 1 is 0.696 bits per heavy atom. The van der Waals surface area contributed by atoms with Crippen LogP contribution in [0.15, 0.2) is 134 Å². The average Bonchev–Trinajstić information content (AvgIpc) is 3.34. The molecule has 0 aliphatic heterocycles. The number of aromatic nitrogens is 2. The van der Waals surface area contributed by atoms with Crippen LogP contribution in [-0.2, 0) is 5.41 Å². The molecule has 224 valence electrons. The highest BCUT2D eigenvalue weighted by molar-refractivity contribution is 5.83. The largest absolute Gasteiger partial charge is 0.228 e. The number of hydrogen-bond acceptors (Lipinski definition) is 2. The highest BCUT2D eigenvalue weighted by atomic mass is 14.9. The molecular formula is C44H38N2. The van der Waals surface area contributed by atoms with E-state index < -0.39 is 0 Å². The molecule has 0 saturated heterocycles. The molecule has 1 heterocycles. The molecule has 0 fully saturated rings. The van der Waals surface area contributed by atoms with Crippen LogP contribution >= 0.6 is 0 Å². The third kappa shape index (κ3) is 5.08. The van der Waals surface area contributed by atoms with Crippen LogP contribution in [0, 0.1) is 6.92 Å². The Morgan fingerprint density at radius 3 is 2.35 bits per heavy atom. The number of rotatable bonds is 5. The summed E-state index contributed by atoms with van der Waals surface area (Å²) in [5.41, 5.74) is 16.1. The van der Waals surface area contributed by atoms with Crippen LogP contribution in [0.25, 0.3) is 44.9 Å². The predicted octanol–water partition coefficient (Wildman–Crippen LogP) is 11.3. The van der Waals surface area contributed by atoms with E-state index >= 15 is 0 Å². The Kier molecular flexibility index (Phi) is 7.02. The van der Waals surface area contributed by atoms with Crippen LogP contribution in [0.3, 0.4) is 0 Å². The summed E-state index contributed by atoms with van der Waals surface area (Å²) in [5, 5.41) is 0. The minimum atomic E-state index is -0.00551. The number of benzene rings is 4. The van der Waals surface area contributed by atoms with Crippen molar-refractivity contribution in [1.29, 1.82) is 0 Å². The van der Waals surface area contributed by atoms with Crippen LogP contribution in [-0.4, -0.2) is 9.97 Å². The molecule has 8 rings (SSSR count). The second kappa shape index (κ2) is 11.4. The number of fused-ring (bicyclic) bond motifs is 3. The van der Waals surface area contributed by atoms with Gasteiger partial charge in [0.15, 0.2) is 5.82 Å². The van der Waals surface area contributed by atoms with Gasteiger partial charge in [-0.15, -0.1) is 0 Å². The first kappa shape index (κ1) is 28.4. The van der Waals surface area contributed by atoms with E-state index in [9.17, 15) is 0 Å². The van der Waals surface area contributed by atoms with Gasteiger partial charge >= 0.3 is 0 Å². The number of hydrogen-bond donors (Lipinski definition) is 0. The first-order valence-electron chi connectivity index (χ1n) is 16.5. The SMILES string of the molecule is Cc1cc(-c2nc(C3=CCCC=C3)cc(-c3ccccc3)n2)cc(C2C=CC=C(c3ccc4c(c3)C(C)(C)c3ccccc3-4)C2)c1. The molecule has 0 spiro atoms. The Morgan fingerprint density at radius 2 is 1.50 bits per heavy atom. The summed E-state index contributed by atoms with van der Waals surface area (Å²) in [6.07, 6.45) is 16.7. The first-order valence-corrected chi connectivity index (χ1v) is 16.5. The molecule has 0 saturated carbocycles. The van der Waals surface area contributed by atoms with Gasteiger partial charge in [0.2, 0.25) is 0 Å². The lowest BCUT2D eigenvalue weighted by atomic mass is 9.80. The molecule has 0 bridgehead atoms. The van der Waals surface area contributed by atoms with Gasteiger partial charge in [0, 0.05) is 22.5 Å². The van der Waals surface area contributed by atoms with E-state index in [0.717, 1.165) is 47.6 Å². The molecule has 1 aromatic heterocycles. The van der Waals surface area contributed by atoms with Gasteiger partial charge in [0.05, 0.1) is 11.4 Å². The van der Waals surface area contributed by atoms with Crippen molar-refractivity contribution >= 4 is 11.1 Å². The topological polar surface area (TPSA) is 25.8 Å². The first-order chi connectivity index (χ1) is 22.4. The van der Waals surface area contributed by atoms with Crippen LogP contribution in [0.5, 0.6) is 0 Å². The molecule has 3 aliphatic rings. The van der Waals surface area contributed by atoms with Crippen molar-refractivity contribution in [2.75, 3.05) is 0 Å². The van der Waals surface area contributed by atoms with Crippen LogP contribution in [0.4, 0.5) is 0 Å². The van der Waals surface area contributed by atoms with Crippen molar-refractivity contribution in [3.05, 3.63) is 167 Å². The zero-order valence-corrected chi connectivity index (χ0v) is 26.8. The second-order valence-corrected chi connectivity index (χ2v) is 13.4. The van der Waals surface area contributed by atoms with Crippen molar-refractivity contribution in [2.45, 2.75) is 51.4 Å². The van der Waals surface area contributed by atoms with E-state index in [1.165, 1.54) is 50.1 Å². The van der Waals surface area contributed by atoms with Gasteiger partial charge in [-0.05, 0) is 95.0 Å². The zero-order chi connectivity index (χ0) is 31.3. The summed E-state index contributed by atoms with van der Waals surface area (Å²) in [4.78, 5) is 10.3. The molecule has 2 nitrogen and oxygen atoms in total. The van der Waals surface area contributed by atoms with Crippen molar-refractivity contribution < 1.29 is 0 Å². The predicted molar refractivity (Wildman–Crippen MR) is 192 cm³/mol. The Balaban J connectivity index is 1.14. The van der Waals surface area contributed by atoms with Crippen LogP contribution in [0.2, 0.25) is 0 Å². The minimum Gasteiger partial charge on any atom is -0.228 e. The third-order valence-corrected chi connectivity index (χ3v) is 9.91. The van der Waals surface area contributed by atoms with E-state index in [-0.39, 0.29) is 11.3 Å². The summed E-state index contributed by atoms with van der Waals surface area (Å²) in [7, 11) is 0. The Bertz CT molecular complexity index is 2110. The molecule has 1 atom stereocenters. The minimum absolute atomic E-state index is 0.00551. The standard InChI is InChI=1S/C44H38N2/c1-29-23-35(26-36(24-29)43-45-41(30-13-6-4-7-14-30)28-42(46-43)31-15-8-5-9-16-31)33-18-12-17-32(25-33)34-21-22-38-37-19-10-11-20-39(37)44(2,3)40(38)27-34/h4,6-8,10-24,26-28,33H,5,9,25H2,1-3H3. The Labute approximate surface area is 272 Å². The third-order valence-electron chi connectivity index (χ3n) is 9.91. The van der Waals surface area contributed by atoms with Crippen LogP contribution in [0.1, 0.15) is 72.5 Å². The van der Waals surface area contributed by atoms with Gasteiger partial charge in [0.1, 0.15) is 0 Å². The van der Waals surface area contributed by atoms with E-state index in [4.69, 9.17) is 9.97 Å². The highest BCUT2D eigenvalue weighted by Gasteiger charge is 2.35. The van der Waals surface area contributed by atoms with Gasteiger partial charge in [0.25, 0.3) is 0 Å². The summed E-state index contributed by atoms with van der Waals surface area (Å²) in [6.45, 7) is 6.90. The van der Waals surface area contributed by atoms with Gasteiger partial charge in [-0.2, -0.15) is 0 Å². The number of aryl methyl sites for hydroxylation is 1. The lowest BCUT2D eigenvalue weighted by Crippen LogP contribution is -2.15. The molecule has 5 aromatic rings. The fourth-order valence-electron chi connectivity index (χ4n) is 7.47. The molecule has 3 aliphatic carbocycles. The van der Waals surface area contributed by atoms with Gasteiger partial charge in [-0.3, -0.25) is 0 Å². The molecule has 1 unspecified atom stereocenters. The molecule has 0 amide bonds. The number of allylic oxidation sites excluding steroid dienone is 8. The van der Waals surface area contributed by atoms with Crippen molar-refractivity contribution in [3.8, 4) is 33.8 Å².